The maximum absolute atomic E-state index is 6.13. The van der Waals surface area contributed by atoms with E-state index < -0.39 is 0 Å². The van der Waals surface area contributed by atoms with Gasteiger partial charge in [-0.15, -0.1) is 0 Å². The quantitative estimate of drug-likeness (QED) is 0.683. The van der Waals surface area contributed by atoms with Crippen LogP contribution in [-0.2, 0) is 6.42 Å². The van der Waals surface area contributed by atoms with Crippen molar-refractivity contribution in [3.05, 3.63) is 28.5 Å². The number of hydrogen-bond donors (Lipinski definition) is 1. The molecular weight excluding hydrogens is 288 g/mol. The SMILES string of the molecule is CCCCCCCCC(N)Cc1ccc(Br)cn1. The van der Waals surface area contributed by atoms with Gasteiger partial charge in [-0.1, -0.05) is 45.4 Å². The van der Waals surface area contributed by atoms with E-state index in [4.69, 9.17) is 5.73 Å². The molecule has 1 aromatic heterocycles. The van der Waals surface area contributed by atoms with Gasteiger partial charge in [-0.2, -0.15) is 0 Å². The molecule has 0 saturated heterocycles. The van der Waals surface area contributed by atoms with Crippen LogP contribution in [0.3, 0.4) is 0 Å². The second-order valence-corrected chi connectivity index (χ2v) is 5.90. The van der Waals surface area contributed by atoms with E-state index in [-0.39, 0.29) is 6.04 Å². The number of unbranched alkanes of at least 4 members (excludes halogenated alkanes) is 5. The first-order valence-electron chi connectivity index (χ1n) is 7.08. The molecule has 2 N–H and O–H groups in total. The number of nitrogens with zero attached hydrogens (tertiary/aromatic N) is 1. The summed E-state index contributed by atoms with van der Waals surface area (Å²) in [5.41, 5.74) is 7.23. The second-order valence-electron chi connectivity index (χ2n) is 4.99. The van der Waals surface area contributed by atoms with Gasteiger partial charge < -0.3 is 5.73 Å². The first-order valence-corrected chi connectivity index (χ1v) is 7.87. The van der Waals surface area contributed by atoms with Crippen molar-refractivity contribution in [2.45, 2.75) is 64.3 Å². The Bertz CT molecular complexity index is 311. The van der Waals surface area contributed by atoms with Gasteiger partial charge in [0.15, 0.2) is 0 Å². The molecule has 0 saturated carbocycles. The molecule has 1 aromatic rings. The van der Waals surface area contributed by atoms with Gasteiger partial charge >= 0.3 is 0 Å². The van der Waals surface area contributed by atoms with E-state index in [1.165, 1.54) is 38.5 Å². The van der Waals surface area contributed by atoms with Crippen LogP contribution in [0.2, 0.25) is 0 Å². The molecule has 1 heterocycles. The molecular formula is C15H25BrN2. The Labute approximate surface area is 120 Å². The molecule has 1 unspecified atom stereocenters. The smallest absolute Gasteiger partial charge is 0.0419 e. The molecule has 0 aromatic carbocycles. The Balaban J connectivity index is 2.10. The predicted octanol–water partition coefficient (Wildman–Crippen LogP) is 4.46. The maximum Gasteiger partial charge on any atom is 0.0419 e. The van der Waals surface area contributed by atoms with Gasteiger partial charge in [0.1, 0.15) is 0 Å². The van der Waals surface area contributed by atoms with Crippen LogP contribution in [0.5, 0.6) is 0 Å². The highest BCUT2D eigenvalue weighted by Crippen LogP contribution is 2.12. The number of halogens is 1. The zero-order valence-electron chi connectivity index (χ0n) is 11.4. The molecule has 18 heavy (non-hydrogen) atoms. The Morgan fingerprint density at radius 1 is 1.17 bits per heavy atom. The molecule has 102 valence electrons. The van der Waals surface area contributed by atoms with Crippen LogP contribution in [0.4, 0.5) is 0 Å². The molecule has 0 bridgehead atoms. The summed E-state index contributed by atoms with van der Waals surface area (Å²) in [6.07, 6.45) is 11.8. The number of rotatable bonds is 9. The van der Waals surface area contributed by atoms with E-state index in [9.17, 15) is 0 Å². The largest absolute Gasteiger partial charge is 0.327 e. The lowest BCUT2D eigenvalue weighted by Crippen LogP contribution is -2.23. The molecule has 1 atom stereocenters. The van der Waals surface area contributed by atoms with Crippen molar-refractivity contribution in [2.24, 2.45) is 5.73 Å². The van der Waals surface area contributed by atoms with E-state index in [1.807, 2.05) is 18.3 Å². The van der Waals surface area contributed by atoms with Gasteiger partial charge in [-0.05, 0) is 34.5 Å². The number of hydrogen-bond acceptors (Lipinski definition) is 2. The van der Waals surface area contributed by atoms with E-state index >= 15 is 0 Å². The topological polar surface area (TPSA) is 38.9 Å². The monoisotopic (exact) mass is 312 g/mol. The van der Waals surface area contributed by atoms with Crippen LogP contribution < -0.4 is 5.73 Å². The molecule has 0 amide bonds. The van der Waals surface area contributed by atoms with Crippen LogP contribution in [0.15, 0.2) is 22.8 Å². The van der Waals surface area contributed by atoms with Gasteiger partial charge in [-0.3, -0.25) is 4.98 Å². The van der Waals surface area contributed by atoms with Crippen molar-refractivity contribution in [3.8, 4) is 0 Å². The minimum absolute atomic E-state index is 0.254. The zero-order chi connectivity index (χ0) is 13.2. The third kappa shape index (κ3) is 7.12. The van der Waals surface area contributed by atoms with Gasteiger partial charge in [0.05, 0.1) is 0 Å². The molecule has 0 radical (unpaired) electrons. The first kappa shape index (κ1) is 15.6. The molecule has 1 rings (SSSR count). The molecule has 3 heteroatoms. The number of nitrogens with two attached hydrogens (primary N) is 1. The van der Waals surface area contributed by atoms with E-state index in [0.29, 0.717) is 0 Å². The van der Waals surface area contributed by atoms with Crippen LogP contribution in [0.25, 0.3) is 0 Å². The van der Waals surface area contributed by atoms with Crippen molar-refractivity contribution in [1.82, 2.24) is 4.98 Å². The fraction of sp³-hybridized carbons (Fsp3) is 0.667. The average Bonchev–Trinajstić information content (AvgIpc) is 2.36. The minimum Gasteiger partial charge on any atom is -0.327 e. The average molecular weight is 313 g/mol. The van der Waals surface area contributed by atoms with Crippen molar-refractivity contribution in [1.29, 1.82) is 0 Å². The highest BCUT2D eigenvalue weighted by Gasteiger charge is 2.05. The maximum atomic E-state index is 6.13. The summed E-state index contributed by atoms with van der Waals surface area (Å²) in [5.74, 6) is 0. The third-order valence-electron chi connectivity index (χ3n) is 3.19. The zero-order valence-corrected chi connectivity index (χ0v) is 13.0. The van der Waals surface area contributed by atoms with Gasteiger partial charge in [0.25, 0.3) is 0 Å². The lowest BCUT2D eigenvalue weighted by Gasteiger charge is -2.10. The highest BCUT2D eigenvalue weighted by atomic mass is 79.9. The Morgan fingerprint density at radius 3 is 2.56 bits per heavy atom. The Morgan fingerprint density at radius 2 is 1.89 bits per heavy atom. The van der Waals surface area contributed by atoms with E-state index in [2.05, 4.69) is 27.8 Å². The van der Waals surface area contributed by atoms with E-state index in [0.717, 1.165) is 23.0 Å². The number of aromatic nitrogens is 1. The summed E-state index contributed by atoms with van der Waals surface area (Å²) in [6.45, 7) is 2.25. The molecule has 0 aliphatic heterocycles. The van der Waals surface area contributed by atoms with Gasteiger partial charge in [-0.25, -0.2) is 0 Å². The van der Waals surface area contributed by atoms with Crippen molar-refractivity contribution < 1.29 is 0 Å². The molecule has 0 aliphatic rings. The lowest BCUT2D eigenvalue weighted by atomic mass is 10.0. The molecule has 0 spiro atoms. The van der Waals surface area contributed by atoms with Gasteiger partial charge in [0.2, 0.25) is 0 Å². The summed E-state index contributed by atoms with van der Waals surface area (Å²) >= 11 is 3.39. The first-order chi connectivity index (χ1) is 8.72. The molecule has 2 nitrogen and oxygen atoms in total. The summed E-state index contributed by atoms with van der Waals surface area (Å²) < 4.78 is 1.02. The fourth-order valence-electron chi connectivity index (χ4n) is 2.08. The summed E-state index contributed by atoms with van der Waals surface area (Å²) in [4.78, 5) is 4.36. The highest BCUT2D eigenvalue weighted by molar-refractivity contribution is 9.10. The molecule has 0 aliphatic carbocycles. The fourth-order valence-corrected chi connectivity index (χ4v) is 2.32. The van der Waals surface area contributed by atoms with Crippen LogP contribution in [0, 0.1) is 0 Å². The van der Waals surface area contributed by atoms with Crippen molar-refractivity contribution >= 4 is 15.9 Å². The standard InChI is InChI=1S/C15H25BrN2/c1-2-3-4-5-6-7-8-14(17)11-15-10-9-13(16)12-18-15/h9-10,12,14H,2-8,11,17H2,1H3. The van der Waals surface area contributed by atoms with Crippen molar-refractivity contribution in [2.75, 3.05) is 0 Å². The minimum atomic E-state index is 0.254. The summed E-state index contributed by atoms with van der Waals surface area (Å²) in [7, 11) is 0. The van der Waals surface area contributed by atoms with Crippen LogP contribution in [-0.4, -0.2) is 11.0 Å². The summed E-state index contributed by atoms with van der Waals surface area (Å²) in [5, 5.41) is 0. The third-order valence-corrected chi connectivity index (χ3v) is 3.66. The van der Waals surface area contributed by atoms with Gasteiger partial charge in [0, 0.05) is 28.8 Å². The lowest BCUT2D eigenvalue weighted by molar-refractivity contribution is 0.529. The van der Waals surface area contributed by atoms with Crippen molar-refractivity contribution in [3.63, 3.8) is 0 Å². The Hall–Kier alpha value is -0.410. The Kier molecular flexibility index (Phi) is 8.27. The van der Waals surface area contributed by atoms with E-state index in [1.54, 1.807) is 0 Å². The number of pyridine rings is 1. The van der Waals surface area contributed by atoms with Crippen LogP contribution >= 0.6 is 15.9 Å². The molecule has 0 fully saturated rings. The van der Waals surface area contributed by atoms with Crippen LogP contribution in [0.1, 0.15) is 57.6 Å². The summed E-state index contributed by atoms with van der Waals surface area (Å²) in [6, 6.07) is 4.33. The second kappa shape index (κ2) is 9.51. The predicted molar refractivity (Wildman–Crippen MR) is 81.6 cm³/mol. The normalized spacial score (nSPS) is 12.6.